The van der Waals surface area contributed by atoms with Crippen LogP contribution in [-0.2, 0) is 10.0 Å². The molecule has 1 amide bonds. The highest BCUT2D eigenvalue weighted by molar-refractivity contribution is 7.89. The van der Waals surface area contributed by atoms with E-state index in [1.165, 1.54) is 16.4 Å². The number of nitrogens with zero attached hydrogens (tertiary/aromatic N) is 3. The average Bonchev–Trinajstić information content (AvgIpc) is 3.64. The van der Waals surface area contributed by atoms with Gasteiger partial charge in [-0.25, -0.2) is 8.42 Å². The van der Waals surface area contributed by atoms with Crippen molar-refractivity contribution in [1.82, 2.24) is 14.2 Å². The van der Waals surface area contributed by atoms with Gasteiger partial charge in [-0.2, -0.15) is 4.31 Å². The molecule has 0 atom stereocenters. The Kier molecular flexibility index (Phi) is 5.20. The number of rotatable bonds is 4. The fourth-order valence-electron chi connectivity index (χ4n) is 4.02. The summed E-state index contributed by atoms with van der Waals surface area (Å²) >= 11 is 5.88. The number of carbonyl (C=O) groups excluding carboxylic acids is 1. The van der Waals surface area contributed by atoms with Crippen LogP contribution in [0.3, 0.4) is 0 Å². The standard InChI is InChI=1S/C23H22ClN3O3S/c24-17-7-9-18(10-8-17)31(29,30)27-13-11-26(12-14-27)23(28)20-15-22(16-5-6-16)25-21-4-2-1-3-19(20)21/h1-4,7-10,15-16H,5-6,11-14H2. The van der Waals surface area contributed by atoms with Crippen LogP contribution in [0.25, 0.3) is 10.9 Å². The summed E-state index contributed by atoms with van der Waals surface area (Å²) in [5.74, 6) is 0.376. The van der Waals surface area contributed by atoms with E-state index in [2.05, 4.69) is 0 Å². The predicted molar refractivity (Wildman–Crippen MR) is 120 cm³/mol. The second-order valence-electron chi connectivity index (χ2n) is 8.04. The highest BCUT2D eigenvalue weighted by Crippen LogP contribution is 2.40. The number of pyridine rings is 1. The van der Waals surface area contributed by atoms with Crippen molar-refractivity contribution in [3.05, 3.63) is 70.9 Å². The molecule has 0 unspecified atom stereocenters. The maximum absolute atomic E-state index is 13.4. The third kappa shape index (κ3) is 3.93. The molecule has 2 fully saturated rings. The maximum atomic E-state index is 13.4. The zero-order valence-corrected chi connectivity index (χ0v) is 18.4. The van der Waals surface area contributed by atoms with Crippen LogP contribution in [-0.4, -0.2) is 54.7 Å². The molecule has 1 saturated heterocycles. The molecule has 2 heterocycles. The fraction of sp³-hybridized carbons (Fsp3) is 0.304. The number of piperazine rings is 1. The Labute approximate surface area is 186 Å². The van der Waals surface area contributed by atoms with Gasteiger partial charge >= 0.3 is 0 Å². The van der Waals surface area contributed by atoms with Crippen LogP contribution in [0, 0.1) is 0 Å². The minimum atomic E-state index is -3.61. The minimum absolute atomic E-state index is 0.0657. The van der Waals surface area contributed by atoms with Gasteiger partial charge in [0.1, 0.15) is 0 Å². The quantitative estimate of drug-likeness (QED) is 0.598. The Bertz CT molecular complexity index is 1250. The van der Waals surface area contributed by atoms with Gasteiger partial charge in [0.15, 0.2) is 0 Å². The lowest BCUT2D eigenvalue weighted by atomic mass is 10.0. The molecular formula is C23H22ClN3O3S. The van der Waals surface area contributed by atoms with E-state index in [4.69, 9.17) is 16.6 Å². The molecule has 1 aliphatic heterocycles. The molecule has 2 aromatic carbocycles. The molecule has 8 heteroatoms. The van der Waals surface area contributed by atoms with E-state index in [0.29, 0.717) is 29.6 Å². The van der Waals surface area contributed by atoms with Gasteiger partial charge < -0.3 is 4.90 Å². The number of aromatic nitrogens is 1. The first-order valence-corrected chi connectivity index (χ1v) is 12.2. The number of hydrogen-bond acceptors (Lipinski definition) is 4. The second-order valence-corrected chi connectivity index (χ2v) is 10.4. The van der Waals surface area contributed by atoms with Crippen LogP contribution in [0.4, 0.5) is 0 Å². The molecule has 6 nitrogen and oxygen atoms in total. The first-order chi connectivity index (χ1) is 14.9. The van der Waals surface area contributed by atoms with Crippen molar-refractivity contribution in [3.8, 4) is 0 Å². The number of hydrogen-bond donors (Lipinski definition) is 0. The van der Waals surface area contributed by atoms with Gasteiger partial charge in [0.05, 0.1) is 16.0 Å². The molecule has 3 aromatic rings. The summed E-state index contributed by atoms with van der Waals surface area (Å²) in [7, 11) is -3.61. The summed E-state index contributed by atoms with van der Waals surface area (Å²) in [5.41, 5.74) is 2.46. The summed E-state index contributed by atoms with van der Waals surface area (Å²) in [5, 5.41) is 1.33. The van der Waals surface area contributed by atoms with Crippen LogP contribution in [0.2, 0.25) is 5.02 Å². The van der Waals surface area contributed by atoms with E-state index >= 15 is 0 Å². The summed E-state index contributed by atoms with van der Waals surface area (Å²) in [6, 6.07) is 15.8. The normalized spacial score (nSPS) is 17.8. The van der Waals surface area contributed by atoms with Crippen molar-refractivity contribution in [2.75, 3.05) is 26.2 Å². The number of amides is 1. The summed E-state index contributed by atoms with van der Waals surface area (Å²) in [6.07, 6.45) is 2.22. The molecule has 5 rings (SSSR count). The molecule has 31 heavy (non-hydrogen) atoms. The Hall–Kier alpha value is -2.48. The maximum Gasteiger partial charge on any atom is 0.254 e. The second kappa shape index (κ2) is 7.89. The van der Waals surface area contributed by atoms with Gasteiger partial charge in [0.25, 0.3) is 5.91 Å². The zero-order valence-electron chi connectivity index (χ0n) is 16.9. The number of para-hydroxylation sites is 1. The smallest absolute Gasteiger partial charge is 0.254 e. The van der Waals surface area contributed by atoms with Gasteiger partial charge in [-0.1, -0.05) is 29.8 Å². The monoisotopic (exact) mass is 455 g/mol. The molecule has 160 valence electrons. The lowest BCUT2D eigenvalue weighted by Gasteiger charge is -2.34. The number of fused-ring (bicyclic) bond motifs is 1. The molecule has 1 aliphatic carbocycles. The Morgan fingerprint density at radius 2 is 1.65 bits per heavy atom. The molecule has 0 bridgehead atoms. The summed E-state index contributed by atoms with van der Waals surface area (Å²) < 4.78 is 27.3. The highest BCUT2D eigenvalue weighted by atomic mass is 35.5. The van der Waals surface area contributed by atoms with Crippen LogP contribution >= 0.6 is 11.6 Å². The third-order valence-electron chi connectivity index (χ3n) is 5.94. The van der Waals surface area contributed by atoms with E-state index in [1.807, 2.05) is 30.3 Å². The van der Waals surface area contributed by atoms with E-state index in [1.54, 1.807) is 17.0 Å². The summed E-state index contributed by atoms with van der Waals surface area (Å²) in [4.78, 5) is 20.1. The highest BCUT2D eigenvalue weighted by Gasteiger charge is 2.32. The van der Waals surface area contributed by atoms with Crippen LogP contribution in [0.15, 0.2) is 59.5 Å². The van der Waals surface area contributed by atoms with Gasteiger partial charge in [0, 0.05) is 48.2 Å². The van der Waals surface area contributed by atoms with E-state index in [0.717, 1.165) is 29.4 Å². The molecule has 1 aromatic heterocycles. The molecule has 0 spiro atoms. The van der Waals surface area contributed by atoms with Gasteiger partial charge in [-0.3, -0.25) is 9.78 Å². The number of halogens is 1. The minimum Gasteiger partial charge on any atom is -0.336 e. The summed E-state index contributed by atoms with van der Waals surface area (Å²) in [6.45, 7) is 1.21. The van der Waals surface area contributed by atoms with Crippen molar-refractivity contribution in [3.63, 3.8) is 0 Å². The van der Waals surface area contributed by atoms with Crippen molar-refractivity contribution < 1.29 is 13.2 Å². The number of sulfonamides is 1. The number of benzene rings is 2. The van der Waals surface area contributed by atoms with Crippen LogP contribution in [0.5, 0.6) is 0 Å². The largest absolute Gasteiger partial charge is 0.336 e. The molecular weight excluding hydrogens is 434 g/mol. The molecule has 2 aliphatic rings. The van der Waals surface area contributed by atoms with E-state index in [-0.39, 0.29) is 23.9 Å². The average molecular weight is 456 g/mol. The predicted octanol–water partition coefficient (Wildman–Crippen LogP) is 3.91. The van der Waals surface area contributed by atoms with E-state index in [9.17, 15) is 13.2 Å². The van der Waals surface area contributed by atoms with Crippen LogP contribution in [0.1, 0.15) is 34.8 Å². The van der Waals surface area contributed by atoms with Gasteiger partial charge in [0.2, 0.25) is 10.0 Å². The first-order valence-electron chi connectivity index (χ1n) is 10.4. The zero-order chi connectivity index (χ0) is 21.6. The topological polar surface area (TPSA) is 70.6 Å². The molecule has 1 saturated carbocycles. The van der Waals surface area contributed by atoms with Crippen molar-refractivity contribution in [2.24, 2.45) is 0 Å². The van der Waals surface area contributed by atoms with Crippen molar-refractivity contribution >= 4 is 38.4 Å². The lowest BCUT2D eigenvalue weighted by molar-refractivity contribution is 0.0699. The Balaban J connectivity index is 1.36. The SMILES string of the molecule is O=C(c1cc(C2CC2)nc2ccccc12)N1CCN(S(=O)(=O)c2ccc(Cl)cc2)CC1. The first kappa shape index (κ1) is 20.4. The third-order valence-corrected chi connectivity index (χ3v) is 8.10. The van der Waals surface area contributed by atoms with E-state index < -0.39 is 10.0 Å². The fourth-order valence-corrected chi connectivity index (χ4v) is 5.57. The van der Waals surface area contributed by atoms with Crippen molar-refractivity contribution in [1.29, 1.82) is 0 Å². The Morgan fingerprint density at radius 1 is 0.968 bits per heavy atom. The Morgan fingerprint density at radius 3 is 2.32 bits per heavy atom. The number of carbonyl (C=O) groups is 1. The molecule has 0 N–H and O–H groups in total. The molecule has 0 radical (unpaired) electrons. The van der Waals surface area contributed by atoms with Crippen LogP contribution < -0.4 is 0 Å². The van der Waals surface area contributed by atoms with Crippen molar-refractivity contribution in [2.45, 2.75) is 23.7 Å². The van der Waals surface area contributed by atoms with Gasteiger partial charge in [-0.15, -0.1) is 0 Å². The lowest BCUT2D eigenvalue weighted by Crippen LogP contribution is -2.50. The van der Waals surface area contributed by atoms with Gasteiger partial charge in [-0.05, 0) is 49.2 Å².